The summed E-state index contributed by atoms with van der Waals surface area (Å²) in [6.45, 7) is 5.48. The van der Waals surface area contributed by atoms with E-state index in [1.807, 2.05) is 0 Å². The second-order valence-corrected chi connectivity index (χ2v) is 4.09. The summed E-state index contributed by atoms with van der Waals surface area (Å²) in [5.41, 5.74) is 1.89. The molecule has 0 spiro atoms. The fourth-order valence-electron chi connectivity index (χ4n) is 1.50. The lowest BCUT2D eigenvalue weighted by Gasteiger charge is -2.07. The molecule has 6 heteroatoms. The Bertz CT molecular complexity index is 406. The van der Waals surface area contributed by atoms with Gasteiger partial charge in [0, 0.05) is 12.2 Å². The van der Waals surface area contributed by atoms with E-state index in [1.165, 1.54) is 0 Å². The minimum atomic E-state index is -0.852. The normalized spacial score (nSPS) is 12.2. The predicted molar refractivity (Wildman–Crippen MR) is 61.8 cm³/mol. The van der Waals surface area contributed by atoms with Crippen LogP contribution >= 0.6 is 0 Å². The standard InChI is InChI=1S/C11H17N3O3/c1-6(11(16)17)4-5-12-10(15)9-7(2)13-14-8(9)3/h6H,4-5H2,1-3H3,(H,12,15)(H,13,14)(H,16,17). The summed E-state index contributed by atoms with van der Waals surface area (Å²) in [5.74, 6) is -1.52. The predicted octanol–water partition coefficient (Wildman–Crippen LogP) is 0.867. The molecule has 94 valence electrons. The van der Waals surface area contributed by atoms with E-state index < -0.39 is 11.9 Å². The summed E-state index contributed by atoms with van der Waals surface area (Å²) in [5, 5.41) is 18.0. The molecule has 17 heavy (non-hydrogen) atoms. The summed E-state index contributed by atoms with van der Waals surface area (Å²) >= 11 is 0. The van der Waals surface area contributed by atoms with Crippen LogP contribution in [-0.4, -0.2) is 33.7 Å². The maximum atomic E-state index is 11.8. The molecule has 1 unspecified atom stereocenters. The lowest BCUT2D eigenvalue weighted by atomic mass is 10.1. The molecule has 0 bridgehead atoms. The topological polar surface area (TPSA) is 95.1 Å². The summed E-state index contributed by atoms with van der Waals surface area (Å²) in [6, 6.07) is 0. The monoisotopic (exact) mass is 239 g/mol. The molecule has 1 aromatic heterocycles. The molecule has 1 aromatic rings. The van der Waals surface area contributed by atoms with E-state index in [1.54, 1.807) is 20.8 Å². The minimum absolute atomic E-state index is 0.216. The molecule has 0 saturated heterocycles. The number of carboxylic acid groups (broad SMARTS) is 1. The van der Waals surface area contributed by atoms with Gasteiger partial charge in [0.05, 0.1) is 17.2 Å². The van der Waals surface area contributed by atoms with Gasteiger partial charge in [-0.15, -0.1) is 0 Å². The fourth-order valence-corrected chi connectivity index (χ4v) is 1.50. The maximum Gasteiger partial charge on any atom is 0.306 e. The van der Waals surface area contributed by atoms with Crippen molar-refractivity contribution in [3.05, 3.63) is 17.0 Å². The number of aromatic amines is 1. The number of rotatable bonds is 5. The molecule has 6 nitrogen and oxygen atoms in total. The van der Waals surface area contributed by atoms with Crippen LogP contribution < -0.4 is 5.32 Å². The number of carbonyl (C=O) groups excluding carboxylic acids is 1. The first-order valence-electron chi connectivity index (χ1n) is 5.46. The highest BCUT2D eigenvalue weighted by atomic mass is 16.4. The van der Waals surface area contributed by atoms with Crippen LogP contribution in [0.1, 0.15) is 35.1 Å². The second-order valence-electron chi connectivity index (χ2n) is 4.09. The van der Waals surface area contributed by atoms with Gasteiger partial charge < -0.3 is 10.4 Å². The van der Waals surface area contributed by atoms with Crippen LogP contribution in [0.25, 0.3) is 0 Å². The number of nitrogens with one attached hydrogen (secondary N) is 2. The third-order valence-electron chi connectivity index (χ3n) is 2.64. The van der Waals surface area contributed by atoms with Crippen LogP contribution in [0.5, 0.6) is 0 Å². The van der Waals surface area contributed by atoms with Crippen LogP contribution in [0.15, 0.2) is 0 Å². The van der Waals surface area contributed by atoms with Gasteiger partial charge in [0.1, 0.15) is 0 Å². The molecule has 3 N–H and O–H groups in total. The first kappa shape index (κ1) is 13.2. The smallest absolute Gasteiger partial charge is 0.306 e. The highest BCUT2D eigenvalue weighted by Gasteiger charge is 2.16. The Morgan fingerprint density at radius 3 is 2.59 bits per heavy atom. The number of carboxylic acids is 1. The van der Waals surface area contributed by atoms with Gasteiger partial charge in [-0.05, 0) is 20.3 Å². The molecular formula is C11H17N3O3. The SMILES string of the molecule is Cc1n[nH]c(C)c1C(=O)NCCC(C)C(=O)O. The Hall–Kier alpha value is -1.85. The molecule has 1 rings (SSSR count). The third kappa shape index (κ3) is 3.30. The molecule has 0 aliphatic carbocycles. The summed E-state index contributed by atoms with van der Waals surface area (Å²) in [7, 11) is 0. The fraction of sp³-hybridized carbons (Fsp3) is 0.545. The van der Waals surface area contributed by atoms with E-state index in [2.05, 4.69) is 15.5 Å². The summed E-state index contributed by atoms with van der Waals surface area (Å²) in [4.78, 5) is 22.4. The Kier molecular flexibility index (Phi) is 4.25. The Labute approximate surface area is 99.4 Å². The Morgan fingerprint density at radius 2 is 2.12 bits per heavy atom. The zero-order chi connectivity index (χ0) is 13.0. The molecule has 1 amide bonds. The lowest BCUT2D eigenvalue weighted by Crippen LogP contribution is -2.27. The molecule has 0 aliphatic rings. The number of nitrogens with zero attached hydrogens (tertiary/aromatic N) is 1. The van der Waals surface area contributed by atoms with Crippen LogP contribution in [0, 0.1) is 19.8 Å². The largest absolute Gasteiger partial charge is 0.481 e. The van der Waals surface area contributed by atoms with E-state index in [0.717, 1.165) is 0 Å². The number of hydrogen-bond donors (Lipinski definition) is 3. The molecule has 0 fully saturated rings. The number of aliphatic carboxylic acids is 1. The van der Waals surface area contributed by atoms with Gasteiger partial charge in [-0.25, -0.2) is 0 Å². The van der Waals surface area contributed by atoms with E-state index in [0.29, 0.717) is 29.9 Å². The zero-order valence-corrected chi connectivity index (χ0v) is 10.2. The van der Waals surface area contributed by atoms with Crippen molar-refractivity contribution < 1.29 is 14.7 Å². The van der Waals surface area contributed by atoms with Crippen LogP contribution in [0.3, 0.4) is 0 Å². The third-order valence-corrected chi connectivity index (χ3v) is 2.64. The first-order valence-corrected chi connectivity index (χ1v) is 5.46. The van der Waals surface area contributed by atoms with Crippen LogP contribution in [0.2, 0.25) is 0 Å². The van der Waals surface area contributed by atoms with Gasteiger partial charge in [-0.2, -0.15) is 5.10 Å². The van der Waals surface area contributed by atoms with E-state index in [9.17, 15) is 9.59 Å². The van der Waals surface area contributed by atoms with Crippen molar-refractivity contribution in [2.75, 3.05) is 6.54 Å². The van der Waals surface area contributed by atoms with E-state index in [-0.39, 0.29) is 5.91 Å². The molecule has 0 aliphatic heterocycles. The minimum Gasteiger partial charge on any atom is -0.481 e. The quantitative estimate of drug-likeness (QED) is 0.710. The second kappa shape index (κ2) is 5.47. The van der Waals surface area contributed by atoms with Crippen molar-refractivity contribution in [1.29, 1.82) is 0 Å². The van der Waals surface area contributed by atoms with Gasteiger partial charge in [-0.1, -0.05) is 6.92 Å². The average molecular weight is 239 g/mol. The summed E-state index contributed by atoms with van der Waals surface area (Å²) < 4.78 is 0. The van der Waals surface area contributed by atoms with Crippen molar-refractivity contribution >= 4 is 11.9 Å². The van der Waals surface area contributed by atoms with Crippen LogP contribution in [-0.2, 0) is 4.79 Å². The molecule has 1 heterocycles. The Balaban J connectivity index is 2.49. The number of carbonyl (C=O) groups is 2. The van der Waals surface area contributed by atoms with E-state index >= 15 is 0 Å². The maximum absolute atomic E-state index is 11.8. The number of H-pyrrole nitrogens is 1. The molecule has 0 radical (unpaired) electrons. The van der Waals surface area contributed by atoms with Crippen molar-refractivity contribution in [3.8, 4) is 0 Å². The van der Waals surface area contributed by atoms with Gasteiger partial charge in [-0.3, -0.25) is 14.7 Å². The summed E-state index contributed by atoms with van der Waals surface area (Å²) in [6.07, 6.45) is 0.414. The number of aryl methyl sites for hydroxylation is 2. The van der Waals surface area contributed by atoms with E-state index in [4.69, 9.17) is 5.11 Å². The number of hydrogen-bond acceptors (Lipinski definition) is 3. The first-order chi connectivity index (χ1) is 7.93. The van der Waals surface area contributed by atoms with Gasteiger partial charge >= 0.3 is 5.97 Å². The highest BCUT2D eigenvalue weighted by molar-refractivity contribution is 5.96. The zero-order valence-electron chi connectivity index (χ0n) is 10.2. The van der Waals surface area contributed by atoms with Gasteiger partial charge in [0.25, 0.3) is 5.91 Å². The molecular weight excluding hydrogens is 222 g/mol. The highest BCUT2D eigenvalue weighted by Crippen LogP contribution is 2.09. The van der Waals surface area contributed by atoms with Crippen molar-refractivity contribution in [2.24, 2.45) is 5.92 Å². The molecule has 0 saturated carbocycles. The Morgan fingerprint density at radius 1 is 1.47 bits per heavy atom. The van der Waals surface area contributed by atoms with Gasteiger partial charge in [0.15, 0.2) is 0 Å². The molecule has 0 aromatic carbocycles. The molecule has 1 atom stereocenters. The van der Waals surface area contributed by atoms with Crippen molar-refractivity contribution in [1.82, 2.24) is 15.5 Å². The van der Waals surface area contributed by atoms with Gasteiger partial charge in [0.2, 0.25) is 0 Å². The van der Waals surface area contributed by atoms with Crippen LogP contribution in [0.4, 0.5) is 0 Å². The van der Waals surface area contributed by atoms with Crippen molar-refractivity contribution in [3.63, 3.8) is 0 Å². The lowest BCUT2D eigenvalue weighted by molar-refractivity contribution is -0.141. The van der Waals surface area contributed by atoms with Crippen molar-refractivity contribution in [2.45, 2.75) is 27.2 Å². The average Bonchev–Trinajstić information content (AvgIpc) is 2.58. The number of aromatic nitrogens is 2. The number of amides is 1.